The predicted octanol–water partition coefficient (Wildman–Crippen LogP) is 3.64. The Labute approximate surface area is 125 Å². The molecule has 0 radical (unpaired) electrons. The molecule has 1 aromatic rings. The number of morpholine rings is 1. The van der Waals surface area contributed by atoms with Crippen LogP contribution in [0.1, 0.15) is 18.1 Å². The van der Waals surface area contributed by atoms with Crippen LogP contribution in [0, 0.1) is 5.82 Å². The molecule has 1 saturated heterocycles. The fourth-order valence-corrected chi connectivity index (χ4v) is 3.08. The Morgan fingerprint density at radius 2 is 2.29 bits per heavy atom. The van der Waals surface area contributed by atoms with Crippen LogP contribution in [0.2, 0.25) is 0 Å². The molecule has 3 rings (SSSR count). The van der Waals surface area contributed by atoms with Crippen molar-refractivity contribution < 1.29 is 9.13 Å². The van der Waals surface area contributed by atoms with Gasteiger partial charge in [-0.05, 0) is 24.1 Å². The number of allylic oxidation sites excluding steroid dienone is 2. The van der Waals surface area contributed by atoms with Crippen molar-refractivity contribution in [1.29, 1.82) is 0 Å². The van der Waals surface area contributed by atoms with Crippen LogP contribution in [-0.4, -0.2) is 30.1 Å². The molecule has 1 aromatic carbocycles. The van der Waals surface area contributed by atoms with Crippen LogP contribution in [0.4, 0.5) is 4.39 Å². The number of halogens is 1. The number of ether oxygens (including phenoxy) is 1. The van der Waals surface area contributed by atoms with Crippen LogP contribution in [0.15, 0.2) is 61.2 Å². The topological polar surface area (TPSA) is 12.5 Å². The Bertz CT molecular complexity index is 580. The van der Waals surface area contributed by atoms with Crippen molar-refractivity contribution >= 4 is 0 Å². The van der Waals surface area contributed by atoms with Crippen molar-refractivity contribution in [3.63, 3.8) is 0 Å². The third-order valence-corrected chi connectivity index (χ3v) is 4.31. The van der Waals surface area contributed by atoms with E-state index >= 15 is 0 Å². The van der Waals surface area contributed by atoms with Crippen LogP contribution >= 0.6 is 0 Å². The summed E-state index contributed by atoms with van der Waals surface area (Å²) in [6.45, 7) is 6.26. The van der Waals surface area contributed by atoms with Gasteiger partial charge in [0.15, 0.2) is 0 Å². The zero-order chi connectivity index (χ0) is 14.7. The van der Waals surface area contributed by atoms with E-state index in [1.54, 1.807) is 12.1 Å². The quantitative estimate of drug-likeness (QED) is 0.786. The molecule has 0 unspecified atom stereocenters. The molecular weight excluding hydrogens is 265 g/mol. The number of hydrogen-bond donors (Lipinski definition) is 0. The molecule has 0 saturated carbocycles. The number of nitrogens with zero attached hydrogens (tertiary/aromatic N) is 1. The van der Waals surface area contributed by atoms with E-state index in [9.17, 15) is 4.39 Å². The van der Waals surface area contributed by atoms with Crippen LogP contribution in [-0.2, 0) is 4.74 Å². The molecule has 1 aliphatic carbocycles. The zero-order valence-electron chi connectivity index (χ0n) is 12.0. The van der Waals surface area contributed by atoms with Crippen molar-refractivity contribution in [2.75, 3.05) is 19.7 Å². The Morgan fingerprint density at radius 1 is 1.38 bits per heavy atom. The van der Waals surface area contributed by atoms with Crippen molar-refractivity contribution in [2.24, 2.45) is 0 Å². The summed E-state index contributed by atoms with van der Waals surface area (Å²) in [5.74, 6) is -0.216. The van der Waals surface area contributed by atoms with E-state index in [0.29, 0.717) is 6.61 Å². The molecule has 0 N–H and O–H groups in total. The van der Waals surface area contributed by atoms with Gasteiger partial charge in [-0.1, -0.05) is 42.5 Å². The zero-order valence-corrected chi connectivity index (χ0v) is 12.0. The van der Waals surface area contributed by atoms with Crippen LogP contribution in [0.25, 0.3) is 0 Å². The van der Waals surface area contributed by atoms with Crippen LogP contribution < -0.4 is 0 Å². The first-order valence-electron chi connectivity index (χ1n) is 7.34. The average Bonchev–Trinajstić information content (AvgIpc) is 2.55. The molecule has 2 aliphatic rings. The molecule has 0 spiro atoms. The minimum Gasteiger partial charge on any atom is -0.371 e. The number of hydrogen-bond acceptors (Lipinski definition) is 2. The second kappa shape index (κ2) is 5.96. The van der Waals surface area contributed by atoms with E-state index in [0.717, 1.165) is 25.1 Å². The first-order chi connectivity index (χ1) is 10.2. The summed E-state index contributed by atoms with van der Waals surface area (Å²) in [4.78, 5) is 2.37. The Balaban J connectivity index is 1.81. The van der Waals surface area contributed by atoms with Gasteiger partial charge in [0.05, 0.1) is 18.2 Å². The second-order valence-corrected chi connectivity index (χ2v) is 5.55. The summed E-state index contributed by atoms with van der Waals surface area (Å²) in [6.07, 6.45) is 11.3. The van der Waals surface area contributed by atoms with E-state index in [1.807, 2.05) is 12.1 Å². The number of benzene rings is 1. The summed E-state index contributed by atoms with van der Waals surface area (Å²) in [5, 5.41) is 0. The molecular formula is C18H20FNO. The van der Waals surface area contributed by atoms with Gasteiger partial charge >= 0.3 is 0 Å². The molecule has 1 heterocycles. The van der Waals surface area contributed by atoms with Crippen LogP contribution in [0.5, 0.6) is 0 Å². The van der Waals surface area contributed by atoms with Crippen molar-refractivity contribution in [1.82, 2.24) is 4.90 Å². The molecule has 21 heavy (non-hydrogen) atoms. The molecule has 110 valence electrons. The van der Waals surface area contributed by atoms with Gasteiger partial charge in [0.1, 0.15) is 5.82 Å². The lowest BCUT2D eigenvalue weighted by Gasteiger charge is -2.44. The maximum absolute atomic E-state index is 13.4. The molecule has 0 amide bonds. The summed E-state index contributed by atoms with van der Waals surface area (Å²) < 4.78 is 19.3. The van der Waals surface area contributed by atoms with Gasteiger partial charge in [-0.25, -0.2) is 4.39 Å². The van der Waals surface area contributed by atoms with Gasteiger partial charge in [0.25, 0.3) is 0 Å². The highest BCUT2D eigenvalue weighted by Gasteiger charge is 2.35. The SMILES string of the molecule is C=C[C@@]1(N2CCO[C@@H](c3cccc(F)c3)C2)C=CC=CC1. The van der Waals surface area contributed by atoms with Gasteiger partial charge in [-0.2, -0.15) is 0 Å². The average molecular weight is 285 g/mol. The standard InChI is InChI=1S/C18H20FNO/c1-2-18(9-4-3-5-10-18)20-11-12-21-17(14-20)15-7-6-8-16(19)13-15/h2-9,13,17H,1,10-12,14H2/t17-,18-/m1/s1. The first kappa shape index (κ1) is 14.2. The van der Waals surface area contributed by atoms with Crippen molar-refractivity contribution in [3.05, 3.63) is 72.6 Å². The maximum atomic E-state index is 13.4. The van der Waals surface area contributed by atoms with E-state index < -0.39 is 0 Å². The van der Waals surface area contributed by atoms with Gasteiger partial charge in [-0.3, -0.25) is 4.90 Å². The Hall–Kier alpha value is -1.71. The monoisotopic (exact) mass is 285 g/mol. The third kappa shape index (κ3) is 2.85. The first-order valence-corrected chi connectivity index (χ1v) is 7.34. The fraction of sp³-hybridized carbons (Fsp3) is 0.333. The molecule has 1 fully saturated rings. The van der Waals surface area contributed by atoms with Gasteiger partial charge in [0, 0.05) is 13.1 Å². The number of rotatable bonds is 3. The van der Waals surface area contributed by atoms with E-state index in [4.69, 9.17) is 4.74 Å². The molecule has 1 aliphatic heterocycles. The lowest BCUT2D eigenvalue weighted by Crippen LogP contribution is -2.52. The minimum atomic E-state index is -0.216. The van der Waals surface area contributed by atoms with E-state index in [-0.39, 0.29) is 17.5 Å². The van der Waals surface area contributed by atoms with Crippen molar-refractivity contribution in [3.8, 4) is 0 Å². The van der Waals surface area contributed by atoms with Gasteiger partial charge < -0.3 is 4.74 Å². The minimum absolute atomic E-state index is 0.0921. The van der Waals surface area contributed by atoms with E-state index in [1.165, 1.54) is 6.07 Å². The molecule has 3 heteroatoms. The lowest BCUT2D eigenvalue weighted by atomic mass is 9.88. The third-order valence-electron chi connectivity index (χ3n) is 4.31. The summed E-state index contributed by atoms with van der Waals surface area (Å²) in [5.41, 5.74) is 0.749. The smallest absolute Gasteiger partial charge is 0.123 e. The summed E-state index contributed by atoms with van der Waals surface area (Å²) >= 11 is 0. The highest BCUT2D eigenvalue weighted by molar-refractivity contribution is 5.28. The largest absolute Gasteiger partial charge is 0.371 e. The molecule has 2 atom stereocenters. The fourth-order valence-electron chi connectivity index (χ4n) is 3.08. The Kier molecular flexibility index (Phi) is 4.04. The van der Waals surface area contributed by atoms with Crippen molar-refractivity contribution in [2.45, 2.75) is 18.1 Å². The van der Waals surface area contributed by atoms with Crippen LogP contribution in [0.3, 0.4) is 0 Å². The predicted molar refractivity (Wildman–Crippen MR) is 82.5 cm³/mol. The van der Waals surface area contributed by atoms with E-state index in [2.05, 4.69) is 35.8 Å². The molecule has 2 nitrogen and oxygen atoms in total. The van der Waals surface area contributed by atoms with Gasteiger partial charge in [-0.15, -0.1) is 6.58 Å². The summed E-state index contributed by atoms with van der Waals surface area (Å²) in [7, 11) is 0. The highest BCUT2D eigenvalue weighted by atomic mass is 19.1. The maximum Gasteiger partial charge on any atom is 0.123 e. The molecule has 0 aromatic heterocycles. The lowest BCUT2D eigenvalue weighted by molar-refractivity contribution is -0.0512. The van der Waals surface area contributed by atoms with Gasteiger partial charge in [0.2, 0.25) is 0 Å². The second-order valence-electron chi connectivity index (χ2n) is 5.55. The highest BCUT2D eigenvalue weighted by Crippen LogP contribution is 2.32. The molecule has 0 bridgehead atoms. The Morgan fingerprint density at radius 3 is 3.00 bits per heavy atom. The normalized spacial score (nSPS) is 29.5. The summed E-state index contributed by atoms with van der Waals surface area (Å²) in [6, 6.07) is 6.68.